The molecule has 8 nitrogen and oxygen atoms in total. The van der Waals surface area contributed by atoms with Crippen molar-refractivity contribution in [2.75, 3.05) is 0 Å². The number of amides is 1. The lowest BCUT2D eigenvalue weighted by molar-refractivity contribution is -0.145. The lowest BCUT2D eigenvalue weighted by Gasteiger charge is -2.27. The summed E-state index contributed by atoms with van der Waals surface area (Å²) in [6.07, 6.45) is -1.45. The summed E-state index contributed by atoms with van der Waals surface area (Å²) in [6.45, 7) is 1.31. The summed E-state index contributed by atoms with van der Waals surface area (Å²) in [5.41, 5.74) is 0.147. The Bertz CT molecular complexity index is 1400. The number of benzene rings is 1. The van der Waals surface area contributed by atoms with Gasteiger partial charge in [0.1, 0.15) is 17.7 Å². The molecule has 1 amide bonds. The van der Waals surface area contributed by atoms with Crippen LogP contribution in [0.3, 0.4) is 0 Å². The molecule has 0 bridgehead atoms. The van der Waals surface area contributed by atoms with Crippen LogP contribution in [-0.2, 0) is 27.5 Å². The molecule has 2 aromatic heterocycles. The first-order valence-electron chi connectivity index (χ1n) is 11.0. The van der Waals surface area contributed by atoms with Crippen molar-refractivity contribution in [1.29, 1.82) is 0 Å². The summed E-state index contributed by atoms with van der Waals surface area (Å²) in [7, 11) is -4.12. The van der Waals surface area contributed by atoms with Gasteiger partial charge in [0.15, 0.2) is 0 Å². The van der Waals surface area contributed by atoms with E-state index in [1.165, 1.54) is 6.07 Å². The van der Waals surface area contributed by atoms with Crippen molar-refractivity contribution in [2.24, 2.45) is 0 Å². The van der Waals surface area contributed by atoms with Crippen molar-refractivity contribution < 1.29 is 35.2 Å². The second-order valence-electron chi connectivity index (χ2n) is 8.40. The first kappa shape index (κ1) is 26.5. The van der Waals surface area contributed by atoms with E-state index in [4.69, 9.17) is 0 Å². The first-order valence-corrected chi connectivity index (χ1v) is 12.4. The van der Waals surface area contributed by atoms with Crippen LogP contribution in [-0.4, -0.2) is 45.7 Å². The number of rotatable bonds is 6. The van der Waals surface area contributed by atoms with Gasteiger partial charge >= 0.3 is 6.18 Å². The van der Waals surface area contributed by atoms with Gasteiger partial charge in [-0.25, -0.2) is 27.2 Å². The summed E-state index contributed by atoms with van der Waals surface area (Å²) in [5, 5.41) is 2.52. The van der Waals surface area contributed by atoms with Crippen LogP contribution < -0.4 is 5.32 Å². The van der Waals surface area contributed by atoms with Gasteiger partial charge in [0, 0.05) is 36.1 Å². The summed E-state index contributed by atoms with van der Waals surface area (Å²) in [4.78, 5) is 23.1. The van der Waals surface area contributed by atoms with Gasteiger partial charge in [-0.3, -0.25) is 9.78 Å². The number of aromatic nitrogens is 3. The van der Waals surface area contributed by atoms with Crippen LogP contribution in [0.5, 0.6) is 0 Å². The molecule has 0 unspecified atom stereocenters. The standard InChI is InChI=1S/C23H20F5N5O3S/c1-13-2-7-20(33(13)37(35,36)17-5-3-16(24)4-6-17)21(34)30-9-14-8-19(29-12-18(14)25)15-10-31-22(32-11-15)23(26,27)28/h3-6,8,10-13,20H,2,7,9H2,1H3,(H,30,34)/t13-,20-/m0/s1. The second kappa shape index (κ2) is 10.1. The maximum absolute atomic E-state index is 14.4. The third-order valence-corrected chi connectivity index (χ3v) is 7.92. The fourth-order valence-electron chi connectivity index (χ4n) is 4.02. The van der Waals surface area contributed by atoms with Gasteiger partial charge in [0.05, 0.1) is 16.8 Å². The van der Waals surface area contributed by atoms with Crippen molar-refractivity contribution in [3.63, 3.8) is 0 Å². The summed E-state index contributed by atoms with van der Waals surface area (Å²) in [6, 6.07) is 3.90. The zero-order valence-electron chi connectivity index (χ0n) is 19.2. The number of halogens is 5. The fourth-order valence-corrected chi connectivity index (χ4v) is 5.86. The summed E-state index contributed by atoms with van der Waals surface area (Å²) in [5.74, 6) is -3.39. The fraction of sp³-hybridized carbons (Fsp3) is 0.304. The molecular weight excluding hydrogens is 521 g/mol. The minimum Gasteiger partial charge on any atom is -0.351 e. The molecule has 3 heterocycles. The Morgan fingerprint density at radius 3 is 2.32 bits per heavy atom. The van der Waals surface area contributed by atoms with Crippen LogP contribution >= 0.6 is 0 Å². The van der Waals surface area contributed by atoms with Gasteiger partial charge in [0.25, 0.3) is 0 Å². The SMILES string of the molecule is C[C@H]1CC[C@@H](C(=O)NCc2cc(-c3cnc(C(F)(F)F)nc3)ncc2F)N1S(=O)(=O)c1ccc(F)cc1. The number of pyridine rings is 1. The largest absolute Gasteiger partial charge is 0.451 e. The molecule has 0 aliphatic carbocycles. The molecule has 0 saturated carbocycles. The van der Waals surface area contributed by atoms with Crippen molar-refractivity contribution in [3.05, 3.63) is 71.9 Å². The lowest BCUT2D eigenvalue weighted by atomic mass is 10.1. The number of sulfonamides is 1. The molecule has 0 spiro atoms. The molecule has 3 aromatic rings. The highest BCUT2D eigenvalue weighted by molar-refractivity contribution is 7.89. The molecule has 37 heavy (non-hydrogen) atoms. The Morgan fingerprint density at radius 1 is 1.05 bits per heavy atom. The number of nitrogens with one attached hydrogen (secondary N) is 1. The first-order chi connectivity index (χ1) is 17.4. The molecule has 1 aliphatic rings. The van der Waals surface area contributed by atoms with Gasteiger partial charge in [-0.1, -0.05) is 0 Å². The van der Waals surface area contributed by atoms with Crippen LogP contribution in [0.4, 0.5) is 22.0 Å². The van der Waals surface area contributed by atoms with E-state index in [9.17, 15) is 35.2 Å². The maximum atomic E-state index is 14.4. The Labute approximate surface area is 208 Å². The van der Waals surface area contributed by atoms with Crippen LogP contribution in [0, 0.1) is 11.6 Å². The number of nitrogens with zero attached hydrogens (tertiary/aromatic N) is 4. The van der Waals surface area contributed by atoms with Gasteiger partial charge in [-0.15, -0.1) is 0 Å². The van der Waals surface area contributed by atoms with E-state index in [0.717, 1.165) is 47.2 Å². The van der Waals surface area contributed by atoms with Crippen molar-refractivity contribution in [2.45, 2.75) is 49.5 Å². The summed E-state index contributed by atoms with van der Waals surface area (Å²) >= 11 is 0. The number of hydrogen-bond donors (Lipinski definition) is 1. The number of hydrogen-bond acceptors (Lipinski definition) is 6. The lowest BCUT2D eigenvalue weighted by Crippen LogP contribution is -2.48. The Balaban J connectivity index is 1.50. The molecule has 14 heteroatoms. The molecule has 1 aliphatic heterocycles. The Hall–Kier alpha value is -3.52. The van der Waals surface area contributed by atoms with Gasteiger partial charge in [-0.2, -0.15) is 17.5 Å². The van der Waals surface area contributed by atoms with E-state index >= 15 is 0 Å². The maximum Gasteiger partial charge on any atom is 0.451 e. The van der Waals surface area contributed by atoms with Crippen molar-refractivity contribution >= 4 is 15.9 Å². The summed E-state index contributed by atoms with van der Waals surface area (Å²) < 4.78 is 93.1. The third-order valence-electron chi connectivity index (χ3n) is 5.88. The van der Waals surface area contributed by atoms with E-state index in [1.807, 2.05) is 0 Å². The number of carbonyl (C=O) groups excluding carboxylic acids is 1. The monoisotopic (exact) mass is 541 g/mol. The minimum atomic E-state index is -4.72. The zero-order valence-corrected chi connectivity index (χ0v) is 20.0. The third kappa shape index (κ3) is 5.59. The zero-order chi connectivity index (χ0) is 27.0. The van der Waals surface area contributed by atoms with Crippen LogP contribution in [0.1, 0.15) is 31.2 Å². The van der Waals surface area contributed by atoms with E-state index < -0.39 is 51.6 Å². The molecular formula is C23H20F5N5O3S. The molecule has 2 atom stereocenters. The van der Waals surface area contributed by atoms with Crippen molar-refractivity contribution in [3.8, 4) is 11.3 Å². The molecule has 0 radical (unpaired) electrons. The van der Waals surface area contributed by atoms with Gasteiger partial charge in [0.2, 0.25) is 21.8 Å². The highest BCUT2D eigenvalue weighted by Crippen LogP contribution is 2.31. The highest BCUT2D eigenvalue weighted by atomic mass is 32.2. The molecule has 4 rings (SSSR count). The average Bonchev–Trinajstić information content (AvgIpc) is 3.25. The van der Waals surface area contributed by atoms with E-state index in [1.54, 1.807) is 6.92 Å². The average molecular weight is 542 g/mol. The predicted molar refractivity (Wildman–Crippen MR) is 120 cm³/mol. The molecule has 1 fully saturated rings. The van der Waals surface area contributed by atoms with Crippen LogP contribution in [0.2, 0.25) is 0 Å². The molecule has 1 aromatic carbocycles. The number of alkyl halides is 3. The van der Waals surface area contributed by atoms with E-state index in [2.05, 4.69) is 20.3 Å². The topological polar surface area (TPSA) is 105 Å². The smallest absolute Gasteiger partial charge is 0.351 e. The number of carbonyl (C=O) groups is 1. The van der Waals surface area contributed by atoms with Gasteiger partial charge in [-0.05, 0) is 50.1 Å². The Kier molecular flexibility index (Phi) is 7.24. The quantitative estimate of drug-likeness (QED) is 0.478. The second-order valence-corrected chi connectivity index (χ2v) is 10.2. The van der Waals surface area contributed by atoms with Crippen LogP contribution in [0.15, 0.2) is 53.8 Å². The molecule has 1 N–H and O–H groups in total. The van der Waals surface area contributed by atoms with Crippen molar-refractivity contribution in [1.82, 2.24) is 24.6 Å². The predicted octanol–water partition coefficient (Wildman–Crippen LogP) is 3.69. The van der Waals surface area contributed by atoms with Crippen LogP contribution in [0.25, 0.3) is 11.3 Å². The highest BCUT2D eigenvalue weighted by Gasteiger charge is 2.43. The minimum absolute atomic E-state index is 0.0303. The van der Waals surface area contributed by atoms with E-state index in [-0.39, 0.29) is 34.7 Å². The molecule has 1 saturated heterocycles. The Morgan fingerprint density at radius 2 is 1.70 bits per heavy atom. The molecule has 196 valence electrons. The van der Waals surface area contributed by atoms with E-state index in [0.29, 0.717) is 6.42 Å². The normalized spacial score (nSPS) is 18.6. The van der Waals surface area contributed by atoms with Gasteiger partial charge < -0.3 is 5.32 Å².